The zero-order valence-corrected chi connectivity index (χ0v) is 12.4. The predicted octanol–water partition coefficient (Wildman–Crippen LogP) is 5.28. The molecule has 0 N–H and O–H groups in total. The van der Waals surface area contributed by atoms with E-state index in [-0.39, 0.29) is 0 Å². The van der Waals surface area contributed by atoms with Gasteiger partial charge in [-0.05, 0) is 42.5 Å². The highest BCUT2D eigenvalue weighted by Gasteiger charge is 2.13. The van der Waals surface area contributed by atoms with Crippen LogP contribution in [0.2, 0.25) is 0 Å². The summed E-state index contributed by atoms with van der Waals surface area (Å²) in [5, 5.41) is 0. The summed E-state index contributed by atoms with van der Waals surface area (Å²) in [6.07, 6.45) is 1.17. The van der Waals surface area contributed by atoms with E-state index in [1.54, 1.807) is 0 Å². The SMILES string of the molecule is CCC(C)c1ccccc1N(C)c1ccccc1C. The first-order valence-electron chi connectivity index (χ1n) is 7.03. The molecule has 1 atom stereocenters. The summed E-state index contributed by atoms with van der Waals surface area (Å²) in [5.74, 6) is 0.586. The van der Waals surface area contributed by atoms with Crippen molar-refractivity contribution in [2.75, 3.05) is 11.9 Å². The minimum absolute atomic E-state index is 0.586. The van der Waals surface area contributed by atoms with E-state index in [2.05, 4.69) is 81.2 Å². The molecule has 0 aromatic heterocycles. The summed E-state index contributed by atoms with van der Waals surface area (Å²) in [7, 11) is 2.16. The number of benzene rings is 2. The number of anilines is 2. The van der Waals surface area contributed by atoms with Gasteiger partial charge in [0.05, 0.1) is 0 Å². The van der Waals surface area contributed by atoms with Crippen molar-refractivity contribution in [2.24, 2.45) is 0 Å². The maximum atomic E-state index is 2.30. The Hall–Kier alpha value is -1.76. The largest absolute Gasteiger partial charge is 0.344 e. The summed E-state index contributed by atoms with van der Waals surface area (Å²) in [6, 6.07) is 17.3. The van der Waals surface area contributed by atoms with Crippen molar-refractivity contribution in [1.29, 1.82) is 0 Å². The molecule has 0 amide bonds. The Morgan fingerprint density at radius 2 is 1.53 bits per heavy atom. The number of hydrogen-bond donors (Lipinski definition) is 0. The van der Waals surface area contributed by atoms with E-state index in [0.717, 1.165) is 0 Å². The van der Waals surface area contributed by atoms with Gasteiger partial charge < -0.3 is 4.90 Å². The summed E-state index contributed by atoms with van der Waals surface area (Å²) in [5.41, 5.74) is 5.32. The van der Waals surface area contributed by atoms with E-state index < -0.39 is 0 Å². The molecule has 1 nitrogen and oxygen atoms in total. The molecule has 0 aliphatic carbocycles. The average molecular weight is 253 g/mol. The van der Waals surface area contributed by atoms with Gasteiger partial charge in [-0.3, -0.25) is 0 Å². The van der Waals surface area contributed by atoms with E-state index in [9.17, 15) is 0 Å². The molecule has 0 heterocycles. The van der Waals surface area contributed by atoms with Crippen molar-refractivity contribution in [3.63, 3.8) is 0 Å². The third kappa shape index (κ3) is 2.81. The molecule has 0 spiro atoms. The van der Waals surface area contributed by atoms with Crippen LogP contribution in [0.4, 0.5) is 11.4 Å². The van der Waals surface area contributed by atoms with Crippen LogP contribution in [0, 0.1) is 6.92 Å². The maximum Gasteiger partial charge on any atom is 0.0443 e. The Kier molecular flexibility index (Phi) is 4.26. The Morgan fingerprint density at radius 3 is 2.16 bits per heavy atom. The van der Waals surface area contributed by atoms with Gasteiger partial charge in [0.2, 0.25) is 0 Å². The van der Waals surface area contributed by atoms with Crippen LogP contribution < -0.4 is 4.90 Å². The van der Waals surface area contributed by atoms with E-state index in [1.165, 1.54) is 28.9 Å². The third-order valence-corrected chi connectivity index (χ3v) is 3.92. The van der Waals surface area contributed by atoms with Gasteiger partial charge in [-0.15, -0.1) is 0 Å². The quantitative estimate of drug-likeness (QED) is 0.717. The molecule has 0 saturated carbocycles. The second kappa shape index (κ2) is 5.92. The molecule has 1 unspecified atom stereocenters. The number of rotatable bonds is 4. The number of aryl methyl sites for hydroxylation is 1. The average Bonchev–Trinajstić information content (AvgIpc) is 2.46. The molecule has 0 aliphatic rings. The van der Waals surface area contributed by atoms with Crippen LogP contribution in [-0.2, 0) is 0 Å². The van der Waals surface area contributed by atoms with Crippen LogP contribution in [0.3, 0.4) is 0 Å². The lowest BCUT2D eigenvalue weighted by molar-refractivity contribution is 0.732. The van der Waals surface area contributed by atoms with Crippen molar-refractivity contribution < 1.29 is 0 Å². The van der Waals surface area contributed by atoms with Gasteiger partial charge in [0, 0.05) is 18.4 Å². The van der Waals surface area contributed by atoms with Gasteiger partial charge in [0.15, 0.2) is 0 Å². The van der Waals surface area contributed by atoms with E-state index in [1.807, 2.05) is 0 Å². The lowest BCUT2D eigenvalue weighted by atomic mass is 9.96. The van der Waals surface area contributed by atoms with Gasteiger partial charge in [-0.2, -0.15) is 0 Å². The van der Waals surface area contributed by atoms with E-state index in [4.69, 9.17) is 0 Å². The van der Waals surface area contributed by atoms with Crippen molar-refractivity contribution in [3.05, 3.63) is 59.7 Å². The van der Waals surface area contributed by atoms with Gasteiger partial charge in [0.1, 0.15) is 0 Å². The zero-order chi connectivity index (χ0) is 13.8. The second-order valence-corrected chi connectivity index (χ2v) is 5.21. The first-order valence-corrected chi connectivity index (χ1v) is 7.03. The molecule has 2 rings (SSSR count). The van der Waals surface area contributed by atoms with Crippen LogP contribution >= 0.6 is 0 Å². The Labute approximate surface area is 116 Å². The van der Waals surface area contributed by atoms with Crippen molar-refractivity contribution in [3.8, 4) is 0 Å². The van der Waals surface area contributed by atoms with Gasteiger partial charge >= 0.3 is 0 Å². The monoisotopic (exact) mass is 253 g/mol. The normalized spacial score (nSPS) is 12.2. The molecule has 2 aromatic carbocycles. The Morgan fingerprint density at radius 1 is 0.947 bits per heavy atom. The molecule has 0 fully saturated rings. The lowest BCUT2D eigenvalue weighted by Gasteiger charge is -2.26. The minimum atomic E-state index is 0.586. The number of para-hydroxylation sites is 2. The highest BCUT2D eigenvalue weighted by molar-refractivity contribution is 5.68. The molecule has 2 aromatic rings. The standard InChI is InChI=1S/C18H23N/c1-5-14(2)16-11-7-9-13-18(16)19(4)17-12-8-6-10-15(17)3/h6-14H,5H2,1-4H3. The predicted molar refractivity (Wildman–Crippen MR) is 84.4 cm³/mol. The summed E-state index contributed by atoms with van der Waals surface area (Å²) >= 11 is 0. The van der Waals surface area contributed by atoms with Crippen LogP contribution in [0.1, 0.15) is 37.3 Å². The third-order valence-electron chi connectivity index (χ3n) is 3.92. The zero-order valence-electron chi connectivity index (χ0n) is 12.4. The van der Waals surface area contributed by atoms with Crippen LogP contribution in [0.5, 0.6) is 0 Å². The summed E-state index contributed by atoms with van der Waals surface area (Å²) in [4.78, 5) is 2.30. The minimum Gasteiger partial charge on any atom is -0.344 e. The van der Waals surface area contributed by atoms with Crippen LogP contribution in [0.15, 0.2) is 48.5 Å². The molecular formula is C18H23N. The van der Waals surface area contributed by atoms with Crippen molar-refractivity contribution in [1.82, 2.24) is 0 Å². The van der Waals surface area contributed by atoms with Crippen molar-refractivity contribution >= 4 is 11.4 Å². The fraction of sp³-hybridized carbons (Fsp3) is 0.333. The number of hydrogen-bond acceptors (Lipinski definition) is 1. The molecule has 1 heteroatoms. The topological polar surface area (TPSA) is 3.24 Å². The van der Waals surface area contributed by atoms with Gasteiger partial charge in [0.25, 0.3) is 0 Å². The Bertz CT molecular complexity index is 545. The van der Waals surface area contributed by atoms with E-state index >= 15 is 0 Å². The van der Waals surface area contributed by atoms with Gasteiger partial charge in [-0.1, -0.05) is 50.2 Å². The lowest BCUT2D eigenvalue weighted by Crippen LogP contribution is -2.13. The van der Waals surface area contributed by atoms with Gasteiger partial charge in [-0.25, -0.2) is 0 Å². The fourth-order valence-corrected chi connectivity index (χ4v) is 2.50. The molecule has 0 radical (unpaired) electrons. The Balaban J connectivity index is 2.45. The van der Waals surface area contributed by atoms with Crippen LogP contribution in [-0.4, -0.2) is 7.05 Å². The molecule has 0 aliphatic heterocycles. The fourth-order valence-electron chi connectivity index (χ4n) is 2.50. The molecule has 100 valence electrons. The first kappa shape index (κ1) is 13.7. The molecular weight excluding hydrogens is 230 g/mol. The first-order chi connectivity index (χ1) is 9.15. The highest BCUT2D eigenvalue weighted by Crippen LogP contribution is 2.33. The van der Waals surface area contributed by atoms with Crippen LogP contribution in [0.25, 0.3) is 0 Å². The molecule has 19 heavy (non-hydrogen) atoms. The summed E-state index contributed by atoms with van der Waals surface area (Å²) in [6.45, 7) is 6.71. The smallest absolute Gasteiger partial charge is 0.0443 e. The highest BCUT2D eigenvalue weighted by atomic mass is 15.1. The molecule has 0 saturated heterocycles. The van der Waals surface area contributed by atoms with E-state index in [0.29, 0.717) is 5.92 Å². The summed E-state index contributed by atoms with van der Waals surface area (Å²) < 4.78 is 0. The molecule has 0 bridgehead atoms. The van der Waals surface area contributed by atoms with Crippen molar-refractivity contribution in [2.45, 2.75) is 33.1 Å². The second-order valence-electron chi connectivity index (χ2n) is 5.21. The maximum absolute atomic E-state index is 2.30. The number of nitrogens with zero attached hydrogens (tertiary/aromatic N) is 1.